The van der Waals surface area contributed by atoms with E-state index in [4.69, 9.17) is 19.9 Å². The van der Waals surface area contributed by atoms with E-state index in [1.807, 2.05) is 41.5 Å². The second-order valence-corrected chi connectivity index (χ2v) is 13.7. The number of nitrogens with zero attached hydrogens (tertiary/aromatic N) is 2. The SMILES string of the molecule is CC(C)(C)OC(=O)N1CCC(N)CC1.COC(=O)C(C)(C)c1ccc(C(=O)NC2CCN(C(=O)OC(C)(C)C)CC2)cc1. The highest BCUT2D eigenvalue weighted by Crippen LogP contribution is 2.25. The maximum atomic E-state index is 12.6. The van der Waals surface area contributed by atoms with Gasteiger partial charge in [-0.25, -0.2) is 9.59 Å². The lowest BCUT2D eigenvalue weighted by Crippen LogP contribution is -2.47. The minimum absolute atomic E-state index is 0.00683. The van der Waals surface area contributed by atoms with E-state index >= 15 is 0 Å². The van der Waals surface area contributed by atoms with E-state index in [1.54, 1.807) is 47.9 Å². The number of carbonyl (C=O) groups excluding carboxylic acids is 4. The molecule has 11 nitrogen and oxygen atoms in total. The molecule has 2 heterocycles. The standard InChI is InChI=1S/C22H32N2O5.C10H20N2O2/c1-21(2,3)29-20(27)24-13-11-17(12-14-24)23-18(25)15-7-9-16(10-8-15)22(4,5)19(26)28-6;1-10(2,3)14-9(13)12-6-4-8(11)5-7-12/h7-10,17H,11-14H2,1-6H3,(H,23,25);8H,4-7,11H2,1-3H3. The number of piperidine rings is 2. The molecule has 2 aliphatic rings. The van der Waals surface area contributed by atoms with Gasteiger partial charge < -0.3 is 35.1 Å². The van der Waals surface area contributed by atoms with Crippen molar-refractivity contribution in [2.75, 3.05) is 33.3 Å². The summed E-state index contributed by atoms with van der Waals surface area (Å²) in [6, 6.07) is 7.23. The largest absolute Gasteiger partial charge is 0.468 e. The van der Waals surface area contributed by atoms with E-state index < -0.39 is 16.6 Å². The van der Waals surface area contributed by atoms with Crippen molar-refractivity contribution in [1.82, 2.24) is 15.1 Å². The quantitative estimate of drug-likeness (QED) is 0.375. The van der Waals surface area contributed by atoms with E-state index in [-0.39, 0.29) is 36.1 Å². The Hall–Kier alpha value is -3.34. The van der Waals surface area contributed by atoms with Crippen LogP contribution in [-0.2, 0) is 24.4 Å². The van der Waals surface area contributed by atoms with Crippen molar-refractivity contribution in [3.8, 4) is 0 Å². The third kappa shape index (κ3) is 11.7. The highest BCUT2D eigenvalue weighted by molar-refractivity contribution is 5.94. The molecule has 2 aliphatic heterocycles. The first-order valence-corrected chi connectivity index (χ1v) is 15.0. The Morgan fingerprint density at radius 2 is 1.16 bits per heavy atom. The fraction of sp³-hybridized carbons (Fsp3) is 0.688. The van der Waals surface area contributed by atoms with Crippen molar-refractivity contribution in [2.24, 2.45) is 5.73 Å². The first kappa shape index (κ1) is 35.9. The van der Waals surface area contributed by atoms with Crippen molar-refractivity contribution in [1.29, 1.82) is 0 Å². The van der Waals surface area contributed by atoms with E-state index in [9.17, 15) is 19.2 Å². The summed E-state index contributed by atoms with van der Waals surface area (Å²) >= 11 is 0. The zero-order valence-corrected chi connectivity index (χ0v) is 27.5. The van der Waals surface area contributed by atoms with Crippen LogP contribution in [0.5, 0.6) is 0 Å². The van der Waals surface area contributed by atoms with Crippen molar-refractivity contribution < 1.29 is 33.4 Å². The topological polar surface area (TPSA) is 140 Å². The first-order chi connectivity index (χ1) is 19.8. The highest BCUT2D eigenvalue weighted by Gasteiger charge is 2.31. The predicted octanol–water partition coefficient (Wildman–Crippen LogP) is 4.61. The van der Waals surface area contributed by atoms with Gasteiger partial charge >= 0.3 is 18.2 Å². The summed E-state index contributed by atoms with van der Waals surface area (Å²) in [6.07, 6.45) is 2.57. The van der Waals surface area contributed by atoms with E-state index in [0.29, 0.717) is 31.5 Å². The number of rotatable bonds is 4. The molecule has 0 spiro atoms. The molecule has 0 bridgehead atoms. The molecule has 0 saturated carbocycles. The number of hydrogen-bond acceptors (Lipinski definition) is 8. The molecule has 242 valence electrons. The van der Waals surface area contributed by atoms with Gasteiger partial charge in [0, 0.05) is 43.8 Å². The number of carbonyl (C=O) groups is 4. The van der Waals surface area contributed by atoms with Gasteiger partial charge in [-0.1, -0.05) is 12.1 Å². The molecule has 3 amide bonds. The number of nitrogens with one attached hydrogen (secondary N) is 1. The Bertz CT molecular complexity index is 1090. The predicted molar refractivity (Wildman–Crippen MR) is 165 cm³/mol. The second-order valence-electron chi connectivity index (χ2n) is 13.7. The molecule has 0 aromatic heterocycles. The van der Waals surface area contributed by atoms with Crippen LogP contribution in [0.1, 0.15) is 97.0 Å². The van der Waals surface area contributed by atoms with Gasteiger partial charge in [-0.05, 0) is 98.8 Å². The number of methoxy groups -OCH3 is 1. The van der Waals surface area contributed by atoms with Crippen molar-refractivity contribution in [3.05, 3.63) is 35.4 Å². The van der Waals surface area contributed by atoms with Crippen molar-refractivity contribution >= 4 is 24.1 Å². The number of amides is 3. The lowest BCUT2D eigenvalue weighted by atomic mass is 9.84. The fourth-order valence-electron chi connectivity index (χ4n) is 4.62. The van der Waals surface area contributed by atoms with E-state index in [0.717, 1.165) is 31.5 Å². The van der Waals surface area contributed by atoms with Crippen LogP contribution in [-0.4, -0.2) is 90.4 Å². The lowest BCUT2D eigenvalue weighted by molar-refractivity contribution is -0.146. The highest BCUT2D eigenvalue weighted by atomic mass is 16.6. The Morgan fingerprint density at radius 3 is 1.56 bits per heavy atom. The average Bonchev–Trinajstić information content (AvgIpc) is 2.91. The van der Waals surface area contributed by atoms with E-state index in [2.05, 4.69) is 5.32 Å². The Balaban J connectivity index is 0.000000385. The molecule has 1 aromatic rings. The molecule has 2 fully saturated rings. The van der Waals surface area contributed by atoms with Gasteiger partial charge in [-0.2, -0.15) is 0 Å². The molecule has 11 heteroatoms. The van der Waals surface area contributed by atoms with Gasteiger partial charge in [-0.3, -0.25) is 9.59 Å². The number of nitrogens with two attached hydrogens (primary N) is 1. The Kier molecular flexibility index (Phi) is 12.4. The van der Waals surface area contributed by atoms with Crippen LogP contribution in [0.2, 0.25) is 0 Å². The molecule has 2 saturated heterocycles. The molecule has 0 radical (unpaired) electrons. The molecule has 1 aromatic carbocycles. The summed E-state index contributed by atoms with van der Waals surface area (Å²) in [5, 5.41) is 3.03. The van der Waals surface area contributed by atoms with Crippen LogP contribution in [0.15, 0.2) is 24.3 Å². The Morgan fingerprint density at radius 1 is 0.744 bits per heavy atom. The van der Waals surface area contributed by atoms with Gasteiger partial charge in [0.1, 0.15) is 11.2 Å². The zero-order chi connectivity index (χ0) is 32.6. The van der Waals surface area contributed by atoms with Crippen LogP contribution in [0.25, 0.3) is 0 Å². The number of hydrogen-bond donors (Lipinski definition) is 2. The monoisotopic (exact) mass is 604 g/mol. The number of esters is 1. The molecule has 3 N–H and O–H groups in total. The average molecular weight is 605 g/mol. The normalized spacial score (nSPS) is 16.9. The van der Waals surface area contributed by atoms with Crippen LogP contribution in [0, 0.1) is 0 Å². The molecule has 0 aliphatic carbocycles. The van der Waals surface area contributed by atoms with Crippen molar-refractivity contribution in [3.63, 3.8) is 0 Å². The molecule has 43 heavy (non-hydrogen) atoms. The van der Waals surface area contributed by atoms with Crippen LogP contribution in [0.4, 0.5) is 9.59 Å². The number of benzene rings is 1. The van der Waals surface area contributed by atoms with Crippen LogP contribution in [0.3, 0.4) is 0 Å². The molecule has 0 unspecified atom stereocenters. The van der Waals surface area contributed by atoms with Gasteiger partial charge in [-0.15, -0.1) is 0 Å². The van der Waals surface area contributed by atoms with Gasteiger partial charge in [0.05, 0.1) is 12.5 Å². The van der Waals surface area contributed by atoms with Gasteiger partial charge in [0.15, 0.2) is 0 Å². The van der Waals surface area contributed by atoms with Crippen LogP contribution >= 0.6 is 0 Å². The fourth-order valence-corrected chi connectivity index (χ4v) is 4.62. The molecular formula is C32H52N4O7. The third-order valence-electron chi connectivity index (χ3n) is 7.24. The minimum Gasteiger partial charge on any atom is -0.468 e. The van der Waals surface area contributed by atoms with Gasteiger partial charge in [0.25, 0.3) is 5.91 Å². The third-order valence-corrected chi connectivity index (χ3v) is 7.24. The number of likely N-dealkylation sites (tertiary alicyclic amines) is 2. The summed E-state index contributed by atoms with van der Waals surface area (Å²) in [5.41, 5.74) is 5.36. The van der Waals surface area contributed by atoms with E-state index in [1.165, 1.54) is 7.11 Å². The van der Waals surface area contributed by atoms with Gasteiger partial charge in [0.2, 0.25) is 0 Å². The van der Waals surface area contributed by atoms with Crippen LogP contribution < -0.4 is 11.1 Å². The minimum atomic E-state index is -0.780. The summed E-state index contributed by atoms with van der Waals surface area (Å²) in [5.74, 6) is -0.491. The Labute approximate surface area is 256 Å². The summed E-state index contributed by atoms with van der Waals surface area (Å²) in [7, 11) is 1.36. The van der Waals surface area contributed by atoms with Crippen molar-refractivity contribution in [2.45, 2.75) is 110 Å². The summed E-state index contributed by atoms with van der Waals surface area (Å²) < 4.78 is 15.5. The second kappa shape index (κ2) is 14.9. The summed E-state index contributed by atoms with van der Waals surface area (Å²) in [6.45, 7) is 17.3. The molecular weight excluding hydrogens is 552 g/mol. The maximum absolute atomic E-state index is 12.6. The maximum Gasteiger partial charge on any atom is 0.410 e. The lowest BCUT2D eigenvalue weighted by Gasteiger charge is -2.33. The number of ether oxygens (including phenoxy) is 3. The summed E-state index contributed by atoms with van der Waals surface area (Å²) in [4.78, 5) is 51.6. The molecule has 0 atom stereocenters. The smallest absolute Gasteiger partial charge is 0.410 e. The zero-order valence-electron chi connectivity index (χ0n) is 27.5. The first-order valence-electron chi connectivity index (χ1n) is 15.0. The molecule has 3 rings (SSSR count).